The molecule has 5 nitrogen and oxygen atoms in total. The van der Waals surface area contributed by atoms with E-state index in [0.717, 1.165) is 13.2 Å². The zero-order valence-corrected chi connectivity index (χ0v) is 9.67. The van der Waals surface area contributed by atoms with E-state index >= 15 is 0 Å². The molecule has 0 aromatic carbocycles. The minimum atomic E-state index is -4.92. The minimum absolute atomic E-state index is 0.0267. The lowest BCUT2D eigenvalue weighted by Crippen LogP contribution is -2.18. The monoisotopic (exact) mass is 285 g/mol. The Morgan fingerprint density at radius 1 is 1.56 bits per heavy atom. The second kappa shape index (κ2) is 5.30. The lowest BCUT2D eigenvalue weighted by Gasteiger charge is -2.12. The fourth-order valence-electron chi connectivity index (χ4n) is 1.15. The van der Waals surface area contributed by atoms with Crippen LogP contribution in [0.2, 0.25) is 5.02 Å². The first kappa shape index (κ1) is 14.4. The van der Waals surface area contributed by atoms with Crippen LogP contribution >= 0.6 is 11.6 Å². The van der Waals surface area contributed by atoms with Crippen molar-refractivity contribution in [2.45, 2.75) is 12.8 Å². The second-order valence-electron chi connectivity index (χ2n) is 3.05. The molecule has 1 rings (SSSR count). The van der Waals surface area contributed by atoms with E-state index in [4.69, 9.17) is 16.7 Å². The number of carboxylic acids is 1. The van der Waals surface area contributed by atoms with Gasteiger partial charge in [-0.05, 0) is 0 Å². The molecule has 0 spiro atoms. The Bertz CT molecular complexity index is 464. The lowest BCUT2D eigenvalue weighted by atomic mass is 10.2. The zero-order chi connectivity index (χ0) is 13.9. The zero-order valence-electron chi connectivity index (χ0n) is 8.92. The number of aromatic nitrogens is 1. The largest absolute Gasteiger partial charge is 0.574 e. The maximum Gasteiger partial charge on any atom is 0.574 e. The van der Waals surface area contributed by atoms with E-state index in [1.807, 2.05) is 0 Å². The Hall–Kier alpha value is -1.70. The van der Waals surface area contributed by atoms with Gasteiger partial charge in [0.2, 0.25) is 11.8 Å². The number of carboxylic acid groups (broad SMARTS) is 1. The molecular formula is C9H7ClF3NO4. The van der Waals surface area contributed by atoms with Crippen molar-refractivity contribution in [1.29, 1.82) is 0 Å². The van der Waals surface area contributed by atoms with Crippen LogP contribution < -0.4 is 9.47 Å². The van der Waals surface area contributed by atoms with Gasteiger partial charge in [-0.15, -0.1) is 13.2 Å². The van der Waals surface area contributed by atoms with E-state index in [1.165, 1.54) is 0 Å². The Kier molecular flexibility index (Phi) is 4.23. The third-order valence-electron chi connectivity index (χ3n) is 1.75. The minimum Gasteiger partial charge on any atom is -0.481 e. The van der Waals surface area contributed by atoms with E-state index < -0.39 is 24.6 Å². The summed E-state index contributed by atoms with van der Waals surface area (Å²) in [6, 6.07) is 0.774. The number of rotatable bonds is 4. The number of alkyl halides is 3. The number of aliphatic carboxylic acids is 1. The first-order valence-electron chi connectivity index (χ1n) is 4.44. The normalized spacial score (nSPS) is 11.2. The van der Waals surface area contributed by atoms with Gasteiger partial charge in [0.25, 0.3) is 0 Å². The molecule has 0 aliphatic carbocycles. The van der Waals surface area contributed by atoms with E-state index in [2.05, 4.69) is 14.5 Å². The van der Waals surface area contributed by atoms with E-state index in [-0.39, 0.29) is 16.5 Å². The first-order chi connectivity index (χ1) is 8.23. The molecule has 0 saturated heterocycles. The predicted molar refractivity (Wildman–Crippen MR) is 53.8 cm³/mol. The molecule has 9 heteroatoms. The molecule has 1 heterocycles. The lowest BCUT2D eigenvalue weighted by molar-refractivity contribution is -0.276. The third kappa shape index (κ3) is 3.95. The van der Waals surface area contributed by atoms with Crippen LogP contribution in [0.15, 0.2) is 6.07 Å². The predicted octanol–water partition coefficient (Wildman–Crippen LogP) is 2.27. The van der Waals surface area contributed by atoms with E-state index in [1.54, 1.807) is 0 Å². The summed E-state index contributed by atoms with van der Waals surface area (Å²) in [7, 11) is 1.13. The fourth-order valence-corrected chi connectivity index (χ4v) is 1.39. The van der Waals surface area contributed by atoms with Gasteiger partial charge in [-0.1, -0.05) is 11.6 Å². The van der Waals surface area contributed by atoms with Crippen molar-refractivity contribution in [3.05, 3.63) is 16.7 Å². The smallest absolute Gasteiger partial charge is 0.481 e. The van der Waals surface area contributed by atoms with Crippen molar-refractivity contribution in [2.75, 3.05) is 7.11 Å². The number of hydrogen-bond donors (Lipinski definition) is 1. The van der Waals surface area contributed by atoms with E-state index in [0.29, 0.717) is 0 Å². The molecule has 0 amide bonds. The summed E-state index contributed by atoms with van der Waals surface area (Å²) in [6.45, 7) is 0. The molecule has 0 atom stereocenters. The van der Waals surface area contributed by atoms with Crippen molar-refractivity contribution in [1.82, 2.24) is 4.98 Å². The summed E-state index contributed by atoms with van der Waals surface area (Å²) in [5.74, 6) is -2.37. The van der Waals surface area contributed by atoms with Crippen LogP contribution in [0, 0.1) is 0 Å². The molecule has 18 heavy (non-hydrogen) atoms. The van der Waals surface area contributed by atoms with Crippen LogP contribution in [0.5, 0.6) is 11.8 Å². The van der Waals surface area contributed by atoms with Crippen LogP contribution in [-0.4, -0.2) is 29.5 Å². The fraction of sp³-hybridized carbons (Fsp3) is 0.333. The summed E-state index contributed by atoms with van der Waals surface area (Å²) in [6.07, 6.45) is -5.45. The van der Waals surface area contributed by atoms with Crippen LogP contribution in [0.4, 0.5) is 13.2 Å². The number of methoxy groups -OCH3 is 1. The summed E-state index contributed by atoms with van der Waals surface area (Å²) < 4.78 is 44.2. The Morgan fingerprint density at radius 3 is 2.61 bits per heavy atom. The van der Waals surface area contributed by atoms with Gasteiger partial charge in [0.15, 0.2) is 0 Å². The van der Waals surface area contributed by atoms with Crippen LogP contribution in [0.1, 0.15) is 5.56 Å². The summed E-state index contributed by atoms with van der Waals surface area (Å²) in [4.78, 5) is 13.9. The highest BCUT2D eigenvalue weighted by Gasteiger charge is 2.32. The third-order valence-corrected chi connectivity index (χ3v) is 2.09. The molecule has 1 aromatic rings. The van der Waals surface area contributed by atoms with Gasteiger partial charge in [0.1, 0.15) is 0 Å². The van der Waals surface area contributed by atoms with Crippen molar-refractivity contribution in [3.63, 3.8) is 0 Å². The van der Waals surface area contributed by atoms with Gasteiger partial charge in [0, 0.05) is 11.6 Å². The average molecular weight is 286 g/mol. The quantitative estimate of drug-likeness (QED) is 0.919. The molecule has 100 valence electrons. The van der Waals surface area contributed by atoms with Gasteiger partial charge >= 0.3 is 12.3 Å². The average Bonchev–Trinajstić information content (AvgIpc) is 2.18. The molecule has 0 unspecified atom stereocenters. The van der Waals surface area contributed by atoms with Gasteiger partial charge in [-0.3, -0.25) is 4.79 Å². The number of nitrogens with zero attached hydrogens (tertiary/aromatic N) is 1. The van der Waals surface area contributed by atoms with Crippen molar-refractivity contribution in [2.24, 2.45) is 0 Å². The van der Waals surface area contributed by atoms with Crippen LogP contribution in [0.3, 0.4) is 0 Å². The maximum atomic E-state index is 12.0. The molecule has 0 aliphatic heterocycles. The van der Waals surface area contributed by atoms with Crippen LogP contribution in [-0.2, 0) is 11.2 Å². The molecule has 0 aliphatic rings. The number of hydrogen-bond acceptors (Lipinski definition) is 4. The van der Waals surface area contributed by atoms with Crippen molar-refractivity contribution >= 4 is 17.6 Å². The second-order valence-corrected chi connectivity index (χ2v) is 3.46. The van der Waals surface area contributed by atoms with Crippen molar-refractivity contribution < 1.29 is 32.5 Å². The Balaban J connectivity index is 3.14. The maximum absolute atomic E-state index is 12.0. The van der Waals surface area contributed by atoms with Crippen LogP contribution in [0.25, 0.3) is 0 Å². The Morgan fingerprint density at radius 2 is 2.17 bits per heavy atom. The standard InChI is InChI=1S/C9H7ClF3NO4/c1-17-8-4(2-7(15)16)5(10)3-6(14-8)18-9(11,12)13/h3H,2H2,1H3,(H,15,16). The van der Waals surface area contributed by atoms with Gasteiger partial charge in [-0.25, -0.2) is 0 Å². The number of carbonyl (C=O) groups is 1. The Labute approximate surface area is 104 Å². The molecule has 1 aromatic heterocycles. The summed E-state index contributed by atoms with van der Waals surface area (Å²) in [5.41, 5.74) is -0.0267. The number of ether oxygens (including phenoxy) is 2. The molecule has 1 N–H and O–H groups in total. The molecule has 0 bridgehead atoms. The molecule has 0 fully saturated rings. The first-order valence-corrected chi connectivity index (χ1v) is 4.81. The highest BCUT2D eigenvalue weighted by molar-refractivity contribution is 6.31. The number of pyridine rings is 1. The topological polar surface area (TPSA) is 68.7 Å². The van der Waals surface area contributed by atoms with Crippen molar-refractivity contribution in [3.8, 4) is 11.8 Å². The molecular weight excluding hydrogens is 279 g/mol. The summed E-state index contributed by atoms with van der Waals surface area (Å²) >= 11 is 5.66. The van der Waals surface area contributed by atoms with Gasteiger partial charge in [-0.2, -0.15) is 4.98 Å². The highest BCUT2D eigenvalue weighted by Crippen LogP contribution is 2.31. The van der Waals surface area contributed by atoms with Gasteiger partial charge < -0.3 is 14.6 Å². The van der Waals surface area contributed by atoms with Gasteiger partial charge in [0.05, 0.1) is 18.6 Å². The SMILES string of the molecule is COc1nc(OC(F)(F)F)cc(Cl)c1CC(=O)O. The summed E-state index contributed by atoms with van der Waals surface area (Å²) in [5, 5.41) is 8.38. The van der Waals surface area contributed by atoms with E-state index in [9.17, 15) is 18.0 Å². The molecule has 0 radical (unpaired) electrons. The number of halogens is 4. The molecule has 0 saturated carbocycles. The highest BCUT2D eigenvalue weighted by atomic mass is 35.5.